The number of aromatic amines is 1. The number of methoxy groups -OCH3 is 1. The average Bonchev–Trinajstić information content (AvgIpc) is 3.09. The van der Waals surface area contributed by atoms with Crippen LogP contribution in [0.5, 0.6) is 23.0 Å². The van der Waals surface area contributed by atoms with Crippen LogP contribution in [0.15, 0.2) is 57.9 Å². The highest BCUT2D eigenvalue weighted by Crippen LogP contribution is 2.40. The molecule has 0 aliphatic carbocycles. The number of aromatic hydroxyl groups is 1. The number of hydrogen-bond acceptors (Lipinski definition) is 6. The summed E-state index contributed by atoms with van der Waals surface area (Å²) in [5, 5.41) is 18.1. The van der Waals surface area contributed by atoms with E-state index in [1.807, 2.05) is 12.1 Å². The molecule has 0 fully saturated rings. The Morgan fingerprint density at radius 3 is 2.67 bits per heavy atom. The number of H-pyrrole nitrogens is 1. The van der Waals surface area contributed by atoms with Gasteiger partial charge in [0.05, 0.1) is 13.3 Å². The molecule has 0 amide bonds. The molecule has 0 aliphatic heterocycles. The summed E-state index contributed by atoms with van der Waals surface area (Å²) in [7, 11) is 1.56. The molecule has 0 bridgehead atoms. The SMILES string of the molecule is COc1ccccc1Oc1cn[nH]c1-c1cc2c(C)cc(=O)oc2cc1O. The molecule has 7 heteroatoms. The molecule has 4 rings (SSSR count). The number of aryl methyl sites for hydroxylation is 1. The standard InChI is InChI=1S/C20H16N2O5/c1-11-7-19(24)27-17-9-14(23)13(8-12(11)17)20-18(10-21-22-20)26-16-6-4-3-5-15(16)25-2/h3-10,23H,1-2H3,(H,21,22). The van der Waals surface area contributed by atoms with Crippen LogP contribution < -0.4 is 15.1 Å². The first-order valence-corrected chi connectivity index (χ1v) is 8.19. The van der Waals surface area contributed by atoms with Crippen LogP contribution in [0.2, 0.25) is 0 Å². The van der Waals surface area contributed by atoms with E-state index in [0.29, 0.717) is 39.5 Å². The van der Waals surface area contributed by atoms with Gasteiger partial charge < -0.3 is 19.0 Å². The van der Waals surface area contributed by atoms with Crippen LogP contribution in [0, 0.1) is 6.92 Å². The molecular formula is C20H16N2O5. The van der Waals surface area contributed by atoms with Gasteiger partial charge in [-0.3, -0.25) is 5.10 Å². The van der Waals surface area contributed by atoms with Crippen LogP contribution in [0.1, 0.15) is 5.56 Å². The Kier molecular flexibility index (Phi) is 4.04. The van der Waals surface area contributed by atoms with E-state index in [2.05, 4.69) is 10.2 Å². The highest BCUT2D eigenvalue weighted by molar-refractivity contribution is 5.89. The minimum Gasteiger partial charge on any atom is -0.507 e. The summed E-state index contributed by atoms with van der Waals surface area (Å²) in [5.74, 6) is 1.45. The maximum Gasteiger partial charge on any atom is 0.336 e. The third-order valence-corrected chi connectivity index (χ3v) is 4.23. The molecule has 0 aliphatic rings. The van der Waals surface area contributed by atoms with Crippen molar-refractivity contribution in [2.45, 2.75) is 6.92 Å². The number of aromatic nitrogens is 2. The summed E-state index contributed by atoms with van der Waals surface area (Å²) >= 11 is 0. The molecule has 136 valence electrons. The fourth-order valence-corrected chi connectivity index (χ4v) is 2.92. The summed E-state index contributed by atoms with van der Waals surface area (Å²) in [4.78, 5) is 11.6. The van der Waals surface area contributed by atoms with E-state index in [-0.39, 0.29) is 5.75 Å². The first-order chi connectivity index (χ1) is 13.1. The summed E-state index contributed by atoms with van der Waals surface area (Å²) in [6, 6.07) is 11.8. The summed E-state index contributed by atoms with van der Waals surface area (Å²) in [6.45, 7) is 1.80. The molecule has 0 unspecified atom stereocenters. The minimum absolute atomic E-state index is 0.0645. The number of nitrogens with zero attached hydrogens (tertiary/aromatic N) is 1. The quantitative estimate of drug-likeness (QED) is 0.531. The molecule has 0 spiro atoms. The van der Waals surface area contributed by atoms with Gasteiger partial charge in [-0.25, -0.2) is 4.79 Å². The van der Waals surface area contributed by atoms with E-state index in [9.17, 15) is 9.90 Å². The van der Waals surface area contributed by atoms with Crippen molar-refractivity contribution in [1.29, 1.82) is 0 Å². The highest BCUT2D eigenvalue weighted by Gasteiger charge is 2.17. The normalized spacial score (nSPS) is 10.9. The van der Waals surface area contributed by atoms with Crippen molar-refractivity contribution in [3.63, 3.8) is 0 Å². The van der Waals surface area contributed by atoms with E-state index in [4.69, 9.17) is 13.9 Å². The second-order valence-corrected chi connectivity index (χ2v) is 5.98. The topological polar surface area (TPSA) is 97.6 Å². The number of phenols is 1. The first-order valence-electron chi connectivity index (χ1n) is 8.19. The predicted molar refractivity (Wildman–Crippen MR) is 99.5 cm³/mol. The lowest BCUT2D eigenvalue weighted by Crippen LogP contribution is -1.98. The second-order valence-electron chi connectivity index (χ2n) is 5.98. The van der Waals surface area contributed by atoms with Crippen LogP contribution in [-0.2, 0) is 0 Å². The first kappa shape index (κ1) is 16.7. The number of benzene rings is 2. The molecule has 0 saturated heterocycles. The van der Waals surface area contributed by atoms with Gasteiger partial charge in [-0.2, -0.15) is 5.10 Å². The zero-order valence-corrected chi connectivity index (χ0v) is 14.6. The van der Waals surface area contributed by atoms with Crippen molar-refractivity contribution < 1.29 is 19.0 Å². The number of phenolic OH excluding ortho intramolecular Hbond substituents is 1. The van der Waals surface area contributed by atoms with Crippen molar-refractivity contribution in [3.8, 4) is 34.3 Å². The fourth-order valence-electron chi connectivity index (χ4n) is 2.92. The number of fused-ring (bicyclic) bond motifs is 1. The largest absolute Gasteiger partial charge is 0.507 e. The van der Waals surface area contributed by atoms with Crippen molar-refractivity contribution in [3.05, 3.63) is 64.6 Å². The fraction of sp³-hybridized carbons (Fsp3) is 0.100. The number of rotatable bonds is 4. The third kappa shape index (κ3) is 2.99. The molecule has 2 aromatic carbocycles. The predicted octanol–water partition coefficient (Wildman–Crippen LogP) is 4.00. The van der Waals surface area contributed by atoms with Gasteiger partial charge in [0.1, 0.15) is 17.0 Å². The Morgan fingerprint density at radius 2 is 1.89 bits per heavy atom. The maximum atomic E-state index is 11.6. The molecule has 0 atom stereocenters. The molecular weight excluding hydrogens is 348 g/mol. The van der Waals surface area contributed by atoms with Crippen LogP contribution in [0.3, 0.4) is 0 Å². The molecule has 27 heavy (non-hydrogen) atoms. The molecule has 7 nitrogen and oxygen atoms in total. The van der Waals surface area contributed by atoms with Crippen LogP contribution in [-0.4, -0.2) is 22.4 Å². The van der Waals surface area contributed by atoms with E-state index >= 15 is 0 Å². The van der Waals surface area contributed by atoms with E-state index in [1.165, 1.54) is 18.3 Å². The van der Waals surface area contributed by atoms with Crippen molar-refractivity contribution in [2.24, 2.45) is 0 Å². The smallest absolute Gasteiger partial charge is 0.336 e. The Balaban J connectivity index is 1.83. The van der Waals surface area contributed by atoms with Gasteiger partial charge in [-0.15, -0.1) is 0 Å². The van der Waals surface area contributed by atoms with Crippen molar-refractivity contribution >= 4 is 11.0 Å². The van der Waals surface area contributed by atoms with E-state index in [0.717, 1.165) is 5.56 Å². The summed E-state index contributed by atoms with van der Waals surface area (Å²) < 4.78 is 16.4. The lowest BCUT2D eigenvalue weighted by atomic mass is 10.0. The van der Waals surface area contributed by atoms with Crippen LogP contribution in [0.4, 0.5) is 0 Å². The van der Waals surface area contributed by atoms with Gasteiger partial charge in [0.25, 0.3) is 0 Å². The van der Waals surface area contributed by atoms with Crippen molar-refractivity contribution in [2.75, 3.05) is 7.11 Å². The van der Waals surface area contributed by atoms with Crippen LogP contribution in [0.25, 0.3) is 22.2 Å². The van der Waals surface area contributed by atoms with E-state index < -0.39 is 5.63 Å². The zero-order valence-electron chi connectivity index (χ0n) is 14.6. The summed E-state index contributed by atoms with van der Waals surface area (Å²) in [5.41, 5.74) is 1.56. The molecule has 0 saturated carbocycles. The molecule has 2 heterocycles. The minimum atomic E-state index is -0.464. The van der Waals surface area contributed by atoms with Gasteiger partial charge in [0.15, 0.2) is 17.2 Å². The number of nitrogens with one attached hydrogen (secondary N) is 1. The van der Waals surface area contributed by atoms with Gasteiger partial charge in [-0.1, -0.05) is 12.1 Å². The number of ether oxygens (including phenoxy) is 2. The Hall–Kier alpha value is -3.74. The van der Waals surface area contributed by atoms with E-state index in [1.54, 1.807) is 32.2 Å². The highest BCUT2D eigenvalue weighted by atomic mass is 16.5. The second kappa shape index (κ2) is 6.53. The van der Waals surface area contributed by atoms with Crippen LogP contribution >= 0.6 is 0 Å². The monoisotopic (exact) mass is 364 g/mol. The van der Waals surface area contributed by atoms with Crippen molar-refractivity contribution in [1.82, 2.24) is 10.2 Å². The lowest BCUT2D eigenvalue weighted by molar-refractivity contribution is 0.379. The number of hydrogen-bond donors (Lipinski definition) is 2. The Labute approximate surface area is 153 Å². The average molecular weight is 364 g/mol. The zero-order chi connectivity index (χ0) is 19.0. The number of para-hydroxylation sites is 2. The summed E-state index contributed by atoms with van der Waals surface area (Å²) in [6.07, 6.45) is 1.52. The molecule has 2 N–H and O–H groups in total. The molecule has 4 aromatic rings. The Bertz CT molecular complexity index is 1190. The Morgan fingerprint density at radius 1 is 1.11 bits per heavy atom. The van der Waals surface area contributed by atoms with Gasteiger partial charge >= 0.3 is 5.63 Å². The molecule has 2 aromatic heterocycles. The maximum absolute atomic E-state index is 11.6. The lowest BCUT2D eigenvalue weighted by Gasteiger charge is -2.11. The van der Waals surface area contributed by atoms with Gasteiger partial charge in [0.2, 0.25) is 0 Å². The molecule has 0 radical (unpaired) electrons. The van der Waals surface area contributed by atoms with Gasteiger partial charge in [0, 0.05) is 23.1 Å². The third-order valence-electron chi connectivity index (χ3n) is 4.23. The van der Waals surface area contributed by atoms with Gasteiger partial charge in [-0.05, 0) is 30.7 Å².